The van der Waals surface area contributed by atoms with Crippen LogP contribution in [0.1, 0.15) is 32.1 Å². The molecule has 0 heterocycles. The lowest BCUT2D eigenvalue weighted by atomic mass is 10.1. The maximum absolute atomic E-state index is 13.1. The molecule has 2 rings (SSSR count). The predicted octanol–water partition coefficient (Wildman–Crippen LogP) is 4.35. The lowest BCUT2D eigenvalue weighted by Crippen LogP contribution is -2.32. The summed E-state index contributed by atoms with van der Waals surface area (Å²) >= 11 is 9.32. The molecule has 0 aromatic heterocycles. The molecule has 100 valence electrons. The quantitative estimate of drug-likeness (QED) is 0.787. The molecule has 0 radical (unpaired) electrons. The summed E-state index contributed by atoms with van der Waals surface area (Å²) < 4.78 is 13.7. The molecule has 0 bridgehead atoms. The van der Waals surface area contributed by atoms with Gasteiger partial charge in [-0.05, 0) is 40.9 Å². The number of aliphatic hydroxyl groups excluding tert-OH is 1. The van der Waals surface area contributed by atoms with Crippen molar-refractivity contribution in [2.24, 2.45) is 0 Å². The molecule has 2 atom stereocenters. The Bertz CT molecular complexity index is 406. The molecule has 0 aliphatic heterocycles. The van der Waals surface area contributed by atoms with Crippen LogP contribution in [0.5, 0.6) is 0 Å². The Kier molecular flexibility index (Phi) is 4.87. The van der Waals surface area contributed by atoms with Crippen molar-refractivity contribution >= 4 is 33.2 Å². The second-order valence-corrected chi connectivity index (χ2v) is 5.96. The van der Waals surface area contributed by atoms with Crippen molar-refractivity contribution in [3.05, 3.63) is 27.4 Å². The average Bonchev–Trinajstić information content (AvgIpc) is 2.49. The number of hydrogen-bond donors (Lipinski definition) is 2. The van der Waals surface area contributed by atoms with Crippen LogP contribution in [0, 0.1) is 5.82 Å². The zero-order chi connectivity index (χ0) is 13.1. The van der Waals surface area contributed by atoms with Crippen molar-refractivity contribution in [3.63, 3.8) is 0 Å². The fourth-order valence-electron chi connectivity index (χ4n) is 2.32. The third-order valence-electron chi connectivity index (χ3n) is 3.32. The van der Waals surface area contributed by atoms with E-state index < -0.39 is 0 Å². The zero-order valence-electron chi connectivity index (χ0n) is 9.93. The van der Waals surface area contributed by atoms with Crippen molar-refractivity contribution in [1.29, 1.82) is 0 Å². The van der Waals surface area contributed by atoms with E-state index in [-0.39, 0.29) is 18.0 Å². The molecule has 2 N–H and O–H groups in total. The van der Waals surface area contributed by atoms with Gasteiger partial charge in [0.1, 0.15) is 5.82 Å². The minimum atomic E-state index is -0.376. The van der Waals surface area contributed by atoms with Gasteiger partial charge < -0.3 is 10.4 Å². The van der Waals surface area contributed by atoms with E-state index in [9.17, 15) is 9.50 Å². The molecule has 1 aliphatic carbocycles. The fraction of sp³-hybridized carbons (Fsp3) is 0.538. The third kappa shape index (κ3) is 3.37. The Morgan fingerprint density at radius 3 is 2.72 bits per heavy atom. The number of anilines is 1. The summed E-state index contributed by atoms with van der Waals surface area (Å²) in [5, 5.41) is 13.6. The average molecular weight is 337 g/mol. The maximum atomic E-state index is 13.1. The Morgan fingerprint density at radius 1 is 1.28 bits per heavy atom. The first kappa shape index (κ1) is 14.1. The maximum Gasteiger partial charge on any atom is 0.125 e. The fourth-order valence-corrected chi connectivity index (χ4v) is 3.24. The molecule has 1 saturated carbocycles. The third-order valence-corrected chi connectivity index (χ3v) is 4.24. The summed E-state index contributed by atoms with van der Waals surface area (Å²) in [7, 11) is 0. The van der Waals surface area contributed by atoms with Crippen LogP contribution >= 0.6 is 27.5 Å². The highest BCUT2D eigenvalue weighted by Gasteiger charge is 2.23. The van der Waals surface area contributed by atoms with Crippen molar-refractivity contribution < 1.29 is 9.50 Å². The minimum Gasteiger partial charge on any atom is -0.391 e. The van der Waals surface area contributed by atoms with E-state index in [1.165, 1.54) is 12.1 Å². The second kappa shape index (κ2) is 6.22. The van der Waals surface area contributed by atoms with Gasteiger partial charge in [-0.25, -0.2) is 4.39 Å². The number of rotatable bonds is 2. The summed E-state index contributed by atoms with van der Waals surface area (Å²) in [6, 6.07) is 2.63. The second-order valence-electron chi connectivity index (χ2n) is 4.70. The molecule has 18 heavy (non-hydrogen) atoms. The Morgan fingerprint density at radius 2 is 2.00 bits per heavy atom. The van der Waals surface area contributed by atoms with Crippen LogP contribution < -0.4 is 5.32 Å². The lowest BCUT2D eigenvalue weighted by molar-refractivity contribution is 0.144. The van der Waals surface area contributed by atoms with Gasteiger partial charge in [-0.3, -0.25) is 0 Å². The van der Waals surface area contributed by atoms with E-state index in [1.54, 1.807) is 0 Å². The van der Waals surface area contributed by atoms with Crippen LogP contribution in [0.25, 0.3) is 0 Å². The first-order valence-electron chi connectivity index (χ1n) is 6.17. The first-order chi connectivity index (χ1) is 8.58. The number of aliphatic hydroxyl groups is 1. The standard InChI is InChI=1S/C13H16BrClFNO/c14-9-6-8(16)7-10(15)13(9)17-11-4-2-1-3-5-12(11)18/h6-7,11-12,17-18H,1-5H2. The smallest absolute Gasteiger partial charge is 0.125 e. The Labute approximate surface area is 120 Å². The van der Waals surface area contributed by atoms with Gasteiger partial charge in [-0.1, -0.05) is 30.9 Å². The van der Waals surface area contributed by atoms with E-state index in [4.69, 9.17) is 11.6 Å². The van der Waals surface area contributed by atoms with Gasteiger partial charge in [0.25, 0.3) is 0 Å². The molecule has 1 fully saturated rings. The van der Waals surface area contributed by atoms with Gasteiger partial charge >= 0.3 is 0 Å². The number of hydrogen-bond acceptors (Lipinski definition) is 2. The monoisotopic (exact) mass is 335 g/mol. The number of halogens is 3. The molecule has 0 spiro atoms. The van der Waals surface area contributed by atoms with E-state index in [0.29, 0.717) is 15.2 Å². The van der Waals surface area contributed by atoms with E-state index in [0.717, 1.165) is 32.1 Å². The minimum absolute atomic E-state index is 0.0215. The summed E-state index contributed by atoms with van der Waals surface area (Å²) in [6.07, 6.45) is 4.62. The highest BCUT2D eigenvalue weighted by molar-refractivity contribution is 9.10. The van der Waals surface area contributed by atoms with Gasteiger partial charge in [-0.2, -0.15) is 0 Å². The molecule has 1 aromatic rings. The van der Waals surface area contributed by atoms with Crippen LogP contribution in [-0.4, -0.2) is 17.3 Å². The molecule has 1 aliphatic rings. The summed E-state index contributed by atoms with van der Waals surface area (Å²) in [6.45, 7) is 0. The van der Waals surface area contributed by atoms with Crippen LogP contribution in [0.4, 0.5) is 10.1 Å². The summed E-state index contributed by atoms with van der Waals surface area (Å²) in [5.41, 5.74) is 0.656. The summed E-state index contributed by atoms with van der Waals surface area (Å²) in [4.78, 5) is 0. The van der Waals surface area contributed by atoms with Gasteiger partial charge in [0.15, 0.2) is 0 Å². The molecule has 0 saturated heterocycles. The van der Waals surface area contributed by atoms with Crippen LogP contribution in [0.15, 0.2) is 16.6 Å². The molecule has 5 heteroatoms. The molecular formula is C13H16BrClFNO. The molecule has 0 amide bonds. The van der Waals surface area contributed by atoms with E-state index >= 15 is 0 Å². The lowest BCUT2D eigenvalue weighted by Gasteiger charge is -2.24. The topological polar surface area (TPSA) is 32.3 Å². The van der Waals surface area contributed by atoms with Crippen molar-refractivity contribution in [2.45, 2.75) is 44.2 Å². The molecular weight excluding hydrogens is 321 g/mol. The van der Waals surface area contributed by atoms with Crippen molar-refractivity contribution in [1.82, 2.24) is 0 Å². The highest BCUT2D eigenvalue weighted by Crippen LogP contribution is 2.33. The van der Waals surface area contributed by atoms with Crippen molar-refractivity contribution in [2.75, 3.05) is 5.32 Å². The molecule has 2 unspecified atom stereocenters. The van der Waals surface area contributed by atoms with Gasteiger partial charge in [0.2, 0.25) is 0 Å². The number of benzene rings is 1. The highest BCUT2D eigenvalue weighted by atomic mass is 79.9. The normalized spacial score (nSPS) is 24.7. The zero-order valence-corrected chi connectivity index (χ0v) is 12.3. The van der Waals surface area contributed by atoms with E-state index in [2.05, 4.69) is 21.2 Å². The molecule has 1 aromatic carbocycles. The Hall–Kier alpha value is -0.320. The number of nitrogens with one attached hydrogen (secondary N) is 1. The molecule has 2 nitrogen and oxygen atoms in total. The van der Waals surface area contributed by atoms with Crippen LogP contribution in [0.3, 0.4) is 0 Å². The largest absolute Gasteiger partial charge is 0.391 e. The van der Waals surface area contributed by atoms with E-state index in [1.807, 2.05) is 0 Å². The van der Waals surface area contributed by atoms with Gasteiger partial charge in [-0.15, -0.1) is 0 Å². The van der Waals surface area contributed by atoms with Gasteiger partial charge in [0, 0.05) is 4.47 Å². The van der Waals surface area contributed by atoms with Crippen LogP contribution in [-0.2, 0) is 0 Å². The van der Waals surface area contributed by atoms with Crippen molar-refractivity contribution in [3.8, 4) is 0 Å². The van der Waals surface area contributed by atoms with Gasteiger partial charge in [0.05, 0.1) is 22.9 Å². The predicted molar refractivity (Wildman–Crippen MR) is 75.6 cm³/mol. The first-order valence-corrected chi connectivity index (χ1v) is 7.34. The van der Waals surface area contributed by atoms with Crippen LogP contribution in [0.2, 0.25) is 5.02 Å². The Balaban J connectivity index is 2.17. The summed E-state index contributed by atoms with van der Waals surface area (Å²) in [5.74, 6) is -0.376. The SMILES string of the molecule is OC1CCCCCC1Nc1c(Cl)cc(F)cc1Br.